The monoisotopic (exact) mass is 227 g/mol. The summed E-state index contributed by atoms with van der Waals surface area (Å²) in [5, 5.41) is 3.43. The van der Waals surface area contributed by atoms with Gasteiger partial charge in [-0.25, -0.2) is 9.97 Å². The molecule has 3 heteroatoms. The summed E-state index contributed by atoms with van der Waals surface area (Å²) < 4.78 is 0. The number of benzene rings is 1. The van der Waals surface area contributed by atoms with Crippen LogP contribution in [0.4, 0.5) is 5.69 Å². The fourth-order valence-corrected chi connectivity index (χ4v) is 1.80. The second kappa shape index (κ2) is 5.99. The molecule has 0 fully saturated rings. The zero-order valence-electron chi connectivity index (χ0n) is 10.1. The molecule has 1 heterocycles. The largest absolute Gasteiger partial charge is 0.381 e. The molecule has 0 unspecified atom stereocenters. The number of aromatic nitrogens is 2. The molecule has 2 rings (SSSR count). The summed E-state index contributed by atoms with van der Waals surface area (Å²) in [4.78, 5) is 8.01. The Kier molecular flexibility index (Phi) is 4.08. The first-order valence-corrected chi connectivity index (χ1v) is 5.96. The van der Waals surface area contributed by atoms with Gasteiger partial charge in [-0.3, -0.25) is 0 Å². The summed E-state index contributed by atoms with van der Waals surface area (Å²) in [6.07, 6.45) is 7.49. The molecule has 0 atom stereocenters. The van der Waals surface area contributed by atoms with Gasteiger partial charge in [-0.1, -0.05) is 31.5 Å². The first kappa shape index (κ1) is 11.6. The van der Waals surface area contributed by atoms with E-state index < -0.39 is 0 Å². The van der Waals surface area contributed by atoms with Gasteiger partial charge in [0.15, 0.2) is 0 Å². The average molecular weight is 227 g/mol. The van der Waals surface area contributed by atoms with Crippen molar-refractivity contribution < 1.29 is 0 Å². The molecule has 2 aromatic rings. The van der Waals surface area contributed by atoms with Crippen LogP contribution in [0, 0.1) is 0 Å². The Hall–Kier alpha value is -1.90. The molecule has 1 aromatic carbocycles. The Morgan fingerprint density at radius 1 is 1.12 bits per heavy atom. The average Bonchev–Trinajstić information content (AvgIpc) is 2.39. The number of nitrogens with zero attached hydrogens (tertiary/aromatic N) is 2. The second-order valence-electron chi connectivity index (χ2n) is 4.01. The zero-order chi connectivity index (χ0) is 11.9. The minimum absolute atomic E-state index is 0.765. The van der Waals surface area contributed by atoms with Gasteiger partial charge in [0.25, 0.3) is 0 Å². The molecule has 0 saturated heterocycles. The van der Waals surface area contributed by atoms with Crippen LogP contribution < -0.4 is 5.32 Å². The number of hydrogen-bond acceptors (Lipinski definition) is 3. The van der Waals surface area contributed by atoms with E-state index in [1.807, 2.05) is 12.4 Å². The third-order valence-corrected chi connectivity index (χ3v) is 2.63. The fraction of sp³-hybridized carbons (Fsp3) is 0.286. The van der Waals surface area contributed by atoms with Gasteiger partial charge in [-0.2, -0.15) is 0 Å². The Balaban J connectivity index is 2.03. The molecule has 0 saturated carbocycles. The van der Waals surface area contributed by atoms with E-state index in [4.69, 9.17) is 0 Å². The summed E-state index contributed by atoms with van der Waals surface area (Å²) in [6.45, 7) is 2.96. The molecule has 88 valence electrons. The summed E-state index contributed by atoms with van der Waals surface area (Å²) in [7, 11) is 0. The normalized spacial score (nSPS) is 10.2. The molecule has 17 heavy (non-hydrogen) atoms. The highest BCUT2D eigenvalue weighted by Gasteiger charge is 2.00. The van der Waals surface area contributed by atoms with Crippen molar-refractivity contribution in [3.05, 3.63) is 54.1 Å². The van der Waals surface area contributed by atoms with Crippen LogP contribution in [-0.2, 0) is 13.0 Å². The van der Waals surface area contributed by atoms with Crippen molar-refractivity contribution in [2.45, 2.75) is 26.3 Å². The van der Waals surface area contributed by atoms with Gasteiger partial charge in [0.05, 0.1) is 0 Å². The topological polar surface area (TPSA) is 37.8 Å². The maximum atomic E-state index is 4.00. The van der Waals surface area contributed by atoms with Crippen molar-refractivity contribution in [2.24, 2.45) is 0 Å². The Morgan fingerprint density at radius 3 is 2.65 bits per heavy atom. The van der Waals surface area contributed by atoms with E-state index in [1.54, 1.807) is 6.33 Å². The fourth-order valence-electron chi connectivity index (χ4n) is 1.80. The van der Waals surface area contributed by atoms with E-state index in [-0.39, 0.29) is 0 Å². The minimum Gasteiger partial charge on any atom is -0.381 e. The van der Waals surface area contributed by atoms with Crippen LogP contribution in [-0.4, -0.2) is 9.97 Å². The summed E-state index contributed by atoms with van der Waals surface area (Å²) >= 11 is 0. The number of anilines is 1. The number of hydrogen-bond donors (Lipinski definition) is 1. The molecule has 1 aromatic heterocycles. The van der Waals surface area contributed by atoms with E-state index >= 15 is 0 Å². The third kappa shape index (κ3) is 3.28. The molecule has 0 aliphatic carbocycles. The summed E-state index contributed by atoms with van der Waals surface area (Å²) in [5.41, 5.74) is 3.67. The third-order valence-electron chi connectivity index (χ3n) is 2.63. The SMILES string of the molecule is CCCc1ccccc1NCc1cncnc1. The van der Waals surface area contributed by atoms with Gasteiger partial charge in [0, 0.05) is 30.2 Å². The Morgan fingerprint density at radius 2 is 1.88 bits per heavy atom. The lowest BCUT2D eigenvalue weighted by Crippen LogP contribution is -2.03. The molecular formula is C14H17N3. The lowest BCUT2D eigenvalue weighted by Gasteiger charge is -2.11. The maximum absolute atomic E-state index is 4.00. The van der Waals surface area contributed by atoms with Gasteiger partial charge in [-0.05, 0) is 18.1 Å². The first-order chi connectivity index (χ1) is 8.40. The van der Waals surface area contributed by atoms with Crippen LogP contribution in [0.2, 0.25) is 0 Å². The van der Waals surface area contributed by atoms with Gasteiger partial charge < -0.3 is 5.32 Å². The van der Waals surface area contributed by atoms with E-state index in [1.165, 1.54) is 11.3 Å². The van der Waals surface area contributed by atoms with Gasteiger partial charge >= 0.3 is 0 Å². The summed E-state index contributed by atoms with van der Waals surface area (Å²) in [5.74, 6) is 0. The van der Waals surface area contributed by atoms with Gasteiger partial charge in [0.2, 0.25) is 0 Å². The molecule has 0 spiro atoms. The predicted molar refractivity (Wildman–Crippen MR) is 69.8 cm³/mol. The lowest BCUT2D eigenvalue weighted by atomic mass is 10.1. The van der Waals surface area contributed by atoms with Crippen LogP contribution in [0.15, 0.2) is 43.0 Å². The van der Waals surface area contributed by atoms with E-state index in [0.717, 1.165) is 24.9 Å². The van der Waals surface area contributed by atoms with Gasteiger partial charge in [0.1, 0.15) is 6.33 Å². The number of para-hydroxylation sites is 1. The quantitative estimate of drug-likeness (QED) is 0.853. The van der Waals surface area contributed by atoms with Crippen LogP contribution in [0.3, 0.4) is 0 Å². The van der Waals surface area contributed by atoms with Crippen molar-refractivity contribution in [2.75, 3.05) is 5.32 Å². The highest BCUT2D eigenvalue weighted by atomic mass is 14.9. The number of aryl methyl sites for hydroxylation is 1. The van der Waals surface area contributed by atoms with Crippen LogP contribution in [0.5, 0.6) is 0 Å². The van der Waals surface area contributed by atoms with E-state index in [2.05, 4.69) is 46.5 Å². The number of rotatable bonds is 5. The molecule has 0 bridgehead atoms. The molecule has 0 aliphatic heterocycles. The van der Waals surface area contributed by atoms with Crippen LogP contribution in [0.25, 0.3) is 0 Å². The van der Waals surface area contributed by atoms with Crippen LogP contribution in [0.1, 0.15) is 24.5 Å². The standard InChI is InChI=1S/C14H17N3/c1-2-5-13-6-3-4-7-14(13)17-10-12-8-15-11-16-9-12/h3-4,6-9,11,17H,2,5,10H2,1H3. The molecule has 1 N–H and O–H groups in total. The van der Waals surface area contributed by atoms with Crippen molar-refractivity contribution >= 4 is 5.69 Å². The van der Waals surface area contributed by atoms with Crippen molar-refractivity contribution in [3.63, 3.8) is 0 Å². The molecular weight excluding hydrogens is 210 g/mol. The van der Waals surface area contributed by atoms with Crippen molar-refractivity contribution in [3.8, 4) is 0 Å². The van der Waals surface area contributed by atoms with Crippen molar-refractivity contribution in [1.29, 1.82) is 0 Å². The minimum atomic E-state index is 0.765. The summed E-state index contributed by atoms with van der Waals surface area (Å²) in [6, 6.07) is 8.44. The maximum Gasteiger partial charge on any atom is 0.115 e. The lowest BCUT2D eigenvalue weighted by molar-refractivity contribution is 0.918. The van der Waals surface area contributed by atoms with E-state index in [9.17, 15) is 0 Å². The predicted octanol–water partition coefficient (Wildman–Crippen LogP) is 3.04. The van der Waals surface area contributed by atoms with E-state index in [0.29, 0.717) is 0 Å². The highest BCUT2D eigenvalue weighted by Crippen LogP contribution is 2.17. The smallest absolute Gasteiger partial charge is 0.115 e. The molecule has 3 nitrogen and oxygen atoms in total. The Bertz CT molecular complexity index is 454. The second-order valence-corrected chi connectivity index (χ2v) is 4.01. The van der Waals surface area contributed by atoms with Gasteiger partial charge in [-0.15, -0.1) is 0 Å². The van der Waals surface area contributed by atoms with Crippen molar-refractivity contribution in [1.82, 2.24) is 9.97 Å². The first-order valence-electron chi connectivity index (χ1n) is 5.96. The Labute approximate surface area is 102 Å². The van der Waals surface area contributed by atoms with Crippen LogP contribution >= 0.6 is 0 Å². The zero-order valence-corrected chi connectivity index (χ0v) is 10.1. The molecule has 0 aliphatic rings. The molecule has 0 radical (unpaired) electrons. The highest BCUT2D eigenvalue weighted by molar-refractivity contribution is 5.51. The number of nitrogens with one attached hydrogen (secondary N) is 1. The molecule has 0 amide bonds.